The van der Waals surface area contributed by atoms with Crippen LogP contribution >= 0.6 is 0 Å². The van der Waals surface area contributed by atoms with Crippen LogP contribution in [0.1, 0.15) is 37.4 Å². The Hall–Kier alpha value is -3.95. The van der Waals surface area contributed by atoms with E-state index in [2.05, 4.69) is 27.2 Å². The Morgan fingerprint density at radius 2 is 1.95 bits per heavy atom. The van der Waals surface area contributed by atoms with Crippen LogP contribution in [-0.4, -0.2) is 78.1 Å². The van der Waals surface area contributed by atoms with Gasteiger partial charge in [-0.15, -0.1) is 0 Å². The van der Waals surface area contributed by atoms with Gasteiger partial charge < -0.3 is 19.7 Å². The van der Waals surface area contributed by atoms with Crippen LogP contribution in [0.15, 0.2) is 73.1 Å². The first-order chi connectivity index (χ1) is 20.2. The number of methoxy groups -OCH3 is 1. The molecule has 0 radical (unpaired) electrons. The fraction of sp³-hybridized carbons (Fsp3) is 0.406. The third kappa shape index (κ3) is 6.21. The largest absolute Gasteiger partial charge is 0.494 e. The smallest absolute Gasteiger partial charge is 0.222 e. The number of hydrogen-bond donors (Lipinski definition) is 1. The molecule has 0 bridgehead atoms. The van der Waals surface area contributed by atoms with Crippen molar-refractivity contribution in [3.8, 4) is 11.4 Å². The lowest BCUT2D eigenvalue weighted by Crippen LogP contribution is -2.38. The molecule has 2 aromatic carbocycles. The maximum absolute atomic E-state index is 13.2. The van der Waals surface area contributed by atoms with Gasteiger partial charge >= 0.3 is 0 Å². The monoisotopic (exact) mass is 554 g/mol. The summed E-state index contributed by atoms with van der Waals surface area (Å²) < 4.78 is 13.4. The number of carbonyl (C=O) groups excluding carboxylic acids is 1. The van der Waals surface area contributed by atoms with Crippen LogP contribution in [0.4, 0.5) is 5.69 Å². The first-order valence-electron chi connectivity index (χ1n) is 14.6. The van der Waals surface area contributed by atoms with Gasteiger partial charge in [0.25, 0.3) is 0 Å². The van der Waals surface area contributed by atoms with Gasteiger partial charge in [-0.2, -0.15) is 5.10 Å². The normalized spacial score (nSPS) is 18.8. The lowest BCUT2D eigenvalue weighted by Gasteiger charge is -2.30. The number of para-hydroxylation sites is 1. The summed E-state index contributed by atoms with van der Waals surface area (Å²) in [4.78, 5) is 22.7. The number of benzene rings is 2. The van der Waals surface area contributed by atoms with Crippen LogP contribution in [0.2, 0.25) is 0 Å². The van der Waals surface area contributed by atoms with Gasteiger partial charge in [-0.1, -0.05) is 24.3 Å². The van der Waals surface area contributed by atoms with Gasteiger partial charge in [0.1, 0.15) is 11.4 Å². The summed E-state index contributed by atoms with van der Waals surface area (Å²) in [5.74, 6) is 0.858. The molecule has 2 atom stereocenters. The summed E-state index contributed by atoms with van der Waals surface area (Å²) in [7, 11) is 1.71. The van der Waals surface area contributed by atoms with Crippen molar-refractivity contribution in [1.29, 1.82) is 0 Å². The number of pyridine rings is 1. The summed E-state index contributed by atoms with van der Waals surface area (Å²) in [6.45, 7) is 4.65. The van der Waals surface area contributed by atoms with Gasteiger partial charge in [0.05, 0.1) is 36.2 Å². The number of ether oxygens (including phenoxy) is 2. The molecule has 1 N–H and O–H groups in total. The second kappa shape index (κ2) is 12.7. The van der Waals surface area contributed by atoms with E-state index in [0.29, 0.717) is 13.0 Å². The van der Waals surface area contributed by atoms with Gasteiger partial charge in [0, 0.05) is 63.5 Å². The Kier molecular flexibility index (Phi) is 8.44. The van der Waals surface area contributed by atoms with E-state index in [0.717, 1.165) is 85.8 Å². The number of aromatic nitrogens is 3. The van der Waals surface area contributed by atoms with E-state index < -0.39 is 0 Å². The lowest BCUT2D eigenvalue weighted by atomic mass is 10.1. The van der Waals surface area contributed by atoms with Crippen molar-refractivity contribution in [2.24, 2.45) is 0 Å². The molecule has 2 fully saturated rings. The molecule has 2 saturated heterocycles. The van der Waals surface area contributed by atoms with Gasteiger partial charge in [-0.25, -0.2) is 4.68 Å². The second-order valence-corrected chi connectivity index (χ2v) is 10.7. The predicted octanol–water partition coefficient (Wildman–Crippen LogP) is 4.37. The first-order valence-corrected chi connectivity index (χ1v) is 14.6. The molecule has 6 rings (SSSR count). The van der Waals surface area contributed by atoms with E-state index in [1.165, 1.54) is 0 Å². The van der Waals surface area contributed by atoms with E-state index in [1.807, 2.05) is 65.6 Å². The van der Waals surface area contributed by atoms with Gasteiger partial charge in [0.2, 0.25) is 5.91 Å². The summed E-state index contributed by atoms with van der Waals surface area (Å²) in [6.07, 6.45) is 7.28. The zero-order valence-electron chi connectivity index (χ0n) is 23.6. The minimum atomic E-state index is -0.142. The van der Waals surface area contributed by atoms with Crippen LogP contribution in [0.5, 0.6) is 5.75 Å². The molecular weight excluding hydrogens is 516 g/mol. The number of carbonyl (C=O) groups is 1. The van der Waals surface area contributed by atoms with E-state index in [4.69, 9.17) is 19.6 Å². The van der Waals surface area contributed by atoms with Crippen molar-refractivity contribution in [3.63, 3.8) is 0 Å². The Balaban J connectivity index is 1.23. The highest BCUT2D eigenvalue weighted by atomic mass is 16.5. The van der Waals surface area contributed by atoms with Crippen LogP contribution in [-0.2, 0) is 9.53 Å². The predicted molar refractivity (Wildman–Crippen MR) is 160 cm³/mol. The fourth-order valence-corrected chi connectivity index (χ4v) is 6.00. The standard InChI is InChI=1S/C32H38N6O3/c1-40-29-13-12-24-8-5-15-33-31(24)32(29)37-17-7-16-36(19-20-37)28(22-30(39)34-23-26-11-6-21-41-26)27-14-18-38(35-27)25-9-3-2-4-10-25/h2-5,8-10,12-15,18,26,28H,6-7,11,16-17,19-23H2,1H3,(H,34,39). The molecule has 2 aliphatic heterocycles. The molecular formula is C32H38N6O3. The highest BCUT2D eigenvalue weighted by molar-refractivity contribution is 5.94. The SMILES string of the molecule is COc1ccc2cccnc2c1N1CCCN(C(CC(=O)NCC2CCCO2)c2ccn(-c3ccccc3)n2)CC1. The Labute approximate surface area is 241 Å². The zero-order valence-corrected chi connectivity index (χ0v) is 23.6. The number of nitrogens with one attached hydrogen (secondary N) is 1. The fourth-order valence-electron chi connectivity index (χ4n) is 6.00. The molecule has 2 aromatic heterocycles. The summed E-state index contributed by atoms with van der Waals surface area (Å²) in [5, 5.41) is 9.17. The third-order valence-electron chi connectivity index (χ3n) is 8.12. The second-order valence-electron chi connectivity index (χ2n) is 10.7. The molecule has 214 valence electrons. The summed E-state index contributed by atoms with van der Waals surface area (Å²) >= 11 is 0. The van der Waals surface area contributed by atoms with Crippen LogP contribution in [0.3, 0.4) is 0 Å². The van der Waals surface area contributed by atoms with E-state index in [-0.39, 0.29) is 18.1 Å². The van der Waals surface area contributed by atoms with Crippen molar-refractivity contribution in [2.75, 3.05) is 51.3 Å². The molecule has 2 unspecified atom stereocenters. The van der Waals surface area contributed by atoms with E-state index in [9.17, 15) is 4.79 Å². The average Bonchev–Trinajstić information content (AvgIpc) is 3.67. The summed E-state index contributed by atoms with van der Waals surface area (Å²) in [6, 6.07) is 20.1. The number of nitrogens with zero attached hydrogens (tertiary/aromatic N) is 5. The van der Waals surface area contributed by atoms with Crippen molar-refractivity contribution in [3.05, 3.63) is 78.8 Å². The molecule has 1 amide bonds. The van der Waals surface area contributed by atoms with Crippen LogP contribution in [0, 0.1) is 0 Å². The minimum Gasteiger partial charge on any atom is -0.494 e. The summed E-state index contributed by atoms with van der Waals surface area (Å²) in [5.41, 5.74) is 3.88. The molecule has 4 heterocycles. The highest BCUT2D eigenvalue weighted by Gasteiger charge is 2.29. The van der Waals surface area contributed by atoms with Gasteiger partial charge in [0.15, 0.2) is 0 Å². The number of fused-ring (bicyclic) bond motifs is 1. The number of amides is 1. The molecule has 0 aliphatic carbocycles. The lowest BCUT2D eigenvalue weighted by molar-refractivity contribution is -0.123. The molecule has 9 nitrogen and oxygen atoms in total. The molecule has 2 aliphatic rings. The zero-order chi connectivity index (χ0) is 28.0. The minimum absolute atomic E-state index is 0.0285. The molecule has 9 heteroatoms. The number of anilines is 1. The van der Waals surface area contributed by atoms with E-state index >= 15 is 0 Å². The molecule has 41 heavy (non-hydrogen) atoms. The number of rotatable bonds is 9. The van der Waals surface area contributed by atoms with Crippen molar-refractivity contribution < 1.29 is 14.3 Å². The highest BCUT2D eigenvalue weighted by Crippen LogP contribution is 2.36. The Bertz CT molecular complexity index is 1450. The Morgan fingerprint density at radius 1 is 1.05 bits per heavy atom. The third-order valence-corrected chi connectivity index (χ3v) is 8.12. The van der Waals surface area contributed by atoms with Crippen molar-refractivity contribution >= 4 is 22.5 Å². The molecule has 0 saturated carbocycles. The van der Waals surface area contributed by atoms with Crippen LogP contribution < -0.4 is 15.0 Å². The molecule has 0 spiro atoms. The van der Waals surface area contributed by atoms with Crippen molar-refractivity contribution in [1.82, 2.24) is 25.0 Å². The van der Waals surface area contributed by atoms with Crippen molar-refractivity contribution in [2.45, 2.75) is 37.8 Å². The topological polar surface area (TPSA) is 84.8 Å². The van der Waals surface area contributed by atoms with Gasteiger partial charge in [-0.05, 0) is 55.7 Å². The maximum atomic E-state index is 13.2. The molecule has 4 aromatic rings. The van der Waals surface area contributed by atoms with E-state index in [1.54, 1.807) is 7.11 Å². The quantitative estimate of drug-likeness (QED) is 0.329. The average molecular weight is 555 g/mol. The Morgan fingerprint density at radius 3 is 2.78 bits per heavy atom. The first kappa shape index (κ1) is 27.2. The number of hydrogen-bond acceptors (Lipinski definition) is 7. The van der Waals surface area contributed by atoms with Crippen LogP contribution in [0.25, 0.3) is 16.6 Å². The van der Waals surface area contributed by atoms with Gasteiger partial charge in [-0.3, -0.25) is 14.7 Å². The maximum Gasteiger partial charge on any atom is 0.222 e.